The van der Waals surface area contributed by atoms with Crippen molar-refractivity contribution in [1.82, 2.24) is 5.32 Å². The lowest BCUT2D eigenvalue weighted by atomic mass is 9.98. The van der Waals surface area contributed by atoms with E-state index in [1.54, 1.807) is 0 Å². The van der Waals surface area contributed by atoms with Crippen LogP contribution in [0.3, 0.4) is 0 Å². The Balaban J connectivity index is 2.10. The predicted molar refractivity (Wildman–Crippen MR) is 91.7 cm³/mol. The van der Waals surface area contributed by atoms with Gasteiger partial charge >= 0.3 is 0 Å². The zero-order chi connectivity index (χ0) is 15.2. The molecule has 0 aliphatic carbocycles. The first-order valence-electron chi connectivity index (χ1n) is 7.67. The Hall–Kier alpha value is -1.06. The highest BCUT2D eigenvalue weighted by Gasteiger charge is 2.15. The van der Waals surface area contributed by atoms with Crippen LogP contribution >= 0.6 is 15.9 Å². The van der Waals surface area contributed by atoms with E-state index in [2.05, 4.69) is 66.3 Å². The fourth-order valence-electron chi connectivity index (χ4n) is 2.38. The molecule has 114 valence electrons. The maximum absolute atomic E-state index is 5.73. The summed E-state index contributed by atoms with van der Waals surface area (Å²) in [7, 11) is 0. The van der Waals surface area contributed by atoms with Gasteiger partial charge in [0.15, 0.2) is 4.67 Å². The van der Waals surface area contributed by atoms with Gasteiger partial charge in [0.25, 0.3) is 0 Å². The van der Waals surface area contributed by atoms with Crippen molar-refractivity contribution in [1.29, 1.82) is 0 Å². The van der Waals surface area contributed by atoms with Gasteiger partial charge in [-0.25, -0.2) is 0 Å². The topological polar surface area (TPSA) is 25.2 Å². The Labute approximate surface area is 136 Å². The van der Waals surface area contributed by atoms with Crippen LogP contribution in [0.1, 0.15) is 56.0 Å². The van der Waals surface area contributed by atoms with Crippen LogP contribution in [0.4, 0.5) is 0 Å². The molecule has 0 aliphatic heterocycles. The molecule has 1 atom stereocenters. The average Bonchev–Trinajstić information content (AvgIpc) is 2.90. The van der Waals surface area contributed by atoms with Crippen molar-refractivity contribution in [2.75, 3.05) is 6.54 Å². The first-order chi connectivity index (χ1) is 10.1. The zero-order valence-electron chi connectivity index (χ0n) is 13.0. The van der Waals surface area contributed by atoms with Gasteiger partial charge < -0.3 is 9.73 Å². The highest BCUT2D eigenvalue weighted by atomic mass is 79.9. The molecule has 0 aliphatic rings. The van der Waals surface area contributed by atoms with E-state index < -0.39 is 0 Å². The minimum absolute atomic E-state index is 0.223. The molecule has 2 rings (SSSR count). The predicted octanol–water partition coefficient (Wildman–Crippen LogP) is 5.45. The molecule has 0 amide bonds. The molecule has 1 aromatic carbocycles. The summed E-state index contributed by atoms with van der Waals surface area (Å²) in [4.78, 5) is 0. The summed E-state index contributed by atoms with van der Waals surface area (Å²) < 4.78 is 6.52. The molecule has 0 spiro atoms. The van der Waals surface area contributed by atoms with Crippen molar-refractivity contribution in [2.45, 2.75) is 45.6 Å². The minimum atomic E-state index is 0.223. The molecule has 0 saturated heterocycles. The number of hydrogen-bond donors (Lipinski definition) is 1. The first kappa shape index (κ1) is 16.3. The van der Waals surface area contributed by atoms with Crippen molar-refractivity contribution in [3.05, 3.63) is 58.0 Å². The lowest BCUT2D eigenvalue weighted by molar-refractivity contribution is 0.400. The van der Waals surface area contributed by atoms with Gasteiger partial charge in [0, 0.05) is 0 Å². The van der Waals surface area contributed by atoms with E-state index in [1.165, 1.54) is 11.1 Å². The zero-order valence-corrected chi connectivity index (χ0v) is 14.6. The van der Waals surface area contributed by atoms with Crippen molar-refractivity contribution in [2.24, 2.45) is 0 Å². The molecule has 1 heterocycles. The van der Waals surface area contributed by atoms with Crippen LogP contribution in [-0.2, 0) is 6.42 Å². The Morgan fingerprint density at radius 3 is 2.33 bits per heavy atom. The number of furan rings is 1. The number of nitrogens with one attached hydrogen (secondary N) is 1. The summed E-state index contributed by atoms with van der Waals surface area (Å²) in [6, 6.07) is 13.1. The molecular formula is C18H24BrNO. The van der Waals surface area contributed by atoms with E-state index >= 15 is 0 Å². The molecule has 21 heavy (non-hydrogen) atoms. The van der Waals surface area contributed by atoms with E-state index in [9.17, 15) is 0 Å². The first-order valence-corrected chi connectivity index (χ1v) is 8.47. The molecule has 2 nitrogen and oxygen atoms in total. The molecule has 1 aromatic heterocycles. The van der Waals surface area contributed by atoms with Crippen molar-refractivity contribution in [3.8, 4) is 0 Å². The third kappa shape index (κ3) is 4.72. The SMILES string of the molecule is CCCNC(Cc1ccc(C(C)C)cc1)c1ccc(Br)o1. The lowest BCUT2D eigenvalue weighted by Gasteiger charge is -2.17. The summed E-state index contributed by atoms with van der Waals surface area (Å²) >= 11 is 3.39. The molecule has 0 saturated carbocycles. The summed E-state index contributed by atoms with van der Waals surface area (Å²) in [6.07, 6.45) is 2.06. The molecule has 2 aromatic rings. The van der Waals surface area contributed by atoms with Gasteiger partial charge in [-0.05, 0) is 64.5 Å². The highest BCUT2D eigenvalue weighted by Crippen LogP contribution is 2.24. The molecule has 1 N–H and O–H groups in total. The van der Waals surface area contributed by atoms with Crippen molar-refractivity contribution in [3.63, 3.8) is 0 Å². The van der Waals surface area contributed by atoms with Gasteiger partial charge in [-0.2, -0.15) is 0 Å². The fraction of sp³-hybridized carbons (Fsp3) is 0.444. The molecule has 3 heteroatoms. The van der Waals surface area contributed by atoms with Crippen LogP contribution in [0.2, 0.25) is 0 Å². The average molecular weight is 350 g/mol. The van der Waals surface area contributed by atoms with Crippen LogP contribution < -0.4 is 5.32 Å². The van der Waals surface area contributed by atoms with Crippen LogP contribution in [0.15, 0.2) is 45.5 Å². The lowest BCUT2D eigenvalue weighted by Crippen LogP contribution is -2.23. The van der Waals surface area contributed by atoms with Gasteiger partial charge in [0.1, 0.15) is 5.76 Å². The van der Waals surface area contributed by atoms with E-state index in [0.29, 0.717) is 5.92 Å². The quantitative estimate of drug-likeness (QED) is 0.718. The summed E-state index contributed by atoms with van der Waals surface area (Å²) in [5, 5.41) is 3.57. The van der Waals surface area contributed by atoms with E-state index in [1.807, 2.05) is 12.1 Å². The molecule has 0 bridgehead atoms. The van der Waals surface area contributed by atoms with Crippen LogP contribution in [0.5, 0.6) is 0 Å². The molecular weight excluding hydrogens is 326 g/mol. The summed E-state index contributed by atoms with van der Waals surface area (Å²) in [6.45, 7) is 7.62. The number of hydrogen-bond acceptors (Lipinski definition) is 2. The fourth-order valence-corrected chi connectivity index (χ4v) is 2.70. The van der Waals surface area contributed by atoms with Gasteiger partial charge in [-0.3, -0.25) is 0 Å². The van der Waals surface area contributed by atoms with Crippen molar-refractivity contribution < 1.29 is 4.42 Å². The van der Waals surface area contributed by atoms with E-state index in [-0.39, 0.29) is 6.04 Å². The van der Waals surface area contributed by atoms with E-state index in [4.69, 9.17) is 4.42 Å². The maximum Gasteiger partial charge on any atom is 0.169 e. The Kier molecular flexibility index (Phi) is 6.07. The molecule has 1 unspecified atom stereocenters. The molecule has 0 fully saturated rings. The van der Waals surface area contributed by atoms with Crippen LogP contribution in [-0.4, -0.2) is 6.54 Å². The summed E-state index contributed by atoms with van der Waals surface area (Å²) in [5.74, 6) is 1.57. The van der Waals surface area contributed by atoms with Gasteiger partial charge in [-0.1, -0.05) is 45.0 Å². The highest BCUT2D eigenvalue weighted by molar-refractivity contribution is 9.10. The maximum atomic E-state index is 5.73. The molecule has 0 radical (unpaired) electrons. The Bertz CT molecular complexity index is 545. The second kappa shape index (κ2) is 7.81. The van der Waals surface area contributed by atoms with Gasteiger partial charge in [0.05, 0.1) is 6.04 Å². The minimum Gasteiger partial charge on any atom is -0.453 e. The number of benzene rings is 1. The van der Waals surface area contributed by atoms with Crippen molar-refractivity contribution >= 4 is 15.9 Å². The third-order valence-corrected chi connectivity index (χ3v) is 4.09. The third-order valence-electron chi connectivity index (χ3n) is 3.66. The summed E-state index contributed by atoms with van der Waals surface area (Å²) in [5.41, 5.74) is 2.72. The smallest absolute Gasteiger partial charge is 0.169 e. The van der Waals surface area contributed by atoms with Crippen LogP contribution in [0, 0.1) is 0 Å². The number of halogens is 1. The standard InChI is InChI=1S/C18H24BrNO/c1-4-11-20-16(17-9-10-18(19)21-17)12-14-5-7-15(8-6-14)13(2)3/h5-10,13,16,20H,4,11-12H2,1-3H3. The van der Waals surface area contributed by atoms with E-state index in [0.717, 1.165) is 29.8 Å². The Morgan fingerprint density at radius 1 is 1.10 bits per heavy atom. The second-order valence-corrected chi connectivity index (χ2v) is 6.53. The monoisotopic (exact) mass is 349 g/mol. The largest absolute Gasteiger partial charge is 0.453 e. The number of rotatable bonds is 7. The van der Waals surface area contributed by atoms with Gasteiger partial charge in [0.2, 0.25) is 0 Å². The van der Waals surface area contributed by atoms with Crippen LogP contribution in [0.25, 0.3) is 0 Å². The van der Waals surface area contributed by atoms with Gasteiger partial charge in [-0.15, -0.1) is 0 Å². The Morgan fingerprint density at radius 2 is 1.81 bits per heavy atom. The second-order valence-electron chi connectivity index (χ2n) is 5.75. The normalized spacial score (nSPS) is 12.8.